The summed E-state index contributed by atoms with van der Waals surface area (Å²) in [6, 6.07) is 4.20. The van der Waals surface area contributed by atoms with Crippen molar-refractivity contribution in [2.24, 2.45) is 0 Å². The maximum absolute atomic E-state index is 14.1. The molecule has 2 aromatic rings. The van der Waals surface area contributed by atoms with Crippen LogP contribution in [0.25, 0.3) is 0 Å². The average Bonchev–Trinajstić information content (AvgIpc) is 3.08. The first-order valence-corrected chi connectivity index (χ1v) is 9.23. The monoisotopic (exact) mass is 363 g/mol. The molecule has 1 aliphatic heterocycles. The van der Waals surface area contributed by atoms with Crippen molar-refractivity contribution in [1.29, 1.82) is 0 Å². The number of aryl methyl sites for hydroxylation is 1. The van der Waals surface area contributed by atoms with Crippen LogP contribution in [-0.2, 0) is 6.54 Å². The quantitative estimate of drug-likeness (QED) is 0.784. The van der Waals surface area contributed by atoms with Gasteiger partial charge in [0, 0.05) is 43.0 Å². The van der Waals surface area contributed by atoms with Crippen LogP contribution in [0.1, 0.15) is 54.7 Å². The van der Waals surface area contributed by atoms with E-state index in [1.165, 1.54) is 12.1 Å². The van der Waals surface area contributed by atoms with Gasteiger partial charge in [-0.25, -0.2) is 9.37 Å². The number of amides is 1. The fourth-order valence-corrected chi connectivity index (χ4v) is 3.56. The number of aromatic nitrogens is 2. The summed E-state index contributed by atoms with van der Waals surface area (Å²) in [7, 11) is 0. The van der Waals surface area contributed by atoms with Crippen molar-refractivity contribution in [2.45, 2.75) is 45.1 Å². The van der Waals surface area contributed by atoms with Crippen LogP contribution in [0.5, 0.6) is 0 Å². The second-order valence-corrected chi connectivity index (χ2v) is 6.98. The highest BCUT2D eigenvalue weighted by Crippen LogP contribution is 2.28. The van der Waals surface area contributed by atoms with Gasteiger partial charge in [-0.15, -0.1) is 0 Å². The van der Waals surface area contributed by atoms with Gasteiger partial charge in [-0.3, -0.25) is 4.79 Å². The zero-order valence-electron chi connectivity index (χ0n) is 14.4. The molecule has 0 N–H and O–H groups in total. The minimum absolute atomic E-state index is 0.0828. The highest BCUT2D eigenvalue weighted by atomic mass is 35.5. The third kappa shape index (κ3) is 4.03. The van der Waals surface area contributed by atoms with Gasteiger partial charge in [0.1, 0.15) is 11.6 Å². The molecule has 0 unspecified atom stereocenters. The topological polar surface area (TPSA) is 38.1 Å². The van der Waals surface area contributed by atoms with Gasteiger partial charge in [-0.2, -0.15) is 0 Å². The minimum atomic E-state index is -0.566. The number of likely N-dealkylation sites (tertiary alicyclic amines) is 1. The maximum atomic E-state index is 14.1. The number of hydrogen-bond donors (Lipinski definition) is 0. The Morgan fingerprint density at radius 2 is 2.28 bits per heavy atom. The molecule has 1 amide bonds. The van der Waals surface area contributed by atoms with E-state index in [0.29, 0.717) is 18.1 Å². The molecule has 25 heavy (non-hydrogen) atoms. The van der Waals surface area contributed by atoms with Crippen molar-refractivity contribution >= 4 is 17.5 Å². The van der Waals surface area contributed by atoms with Gasteiger partial charge in [-0.1, -0.05) is 24.9 Å². The number of benzene rings is 1. The van der Waals surface area contributed by atoms with Crippen LogP contribution in [0.2, 0.25) is 5.02 Å². The molecule has 4 nitrogen and oxygen atoms in total. The molecule has 1 fully saturated rings. The molecule has 1 atom stereocenters. The molecule has 134 valence electrons. The Bertz CT molecular complexity index is 746. The molecule has 1 aromatic heterocycles. The lowest BCUT2D eigenvalue weighted by Crippen LogP contribution is -2.40. The van der Waals surface area contributed by atoms with E-state index < -0.39 is 5.82 Å². The van der Waals surface area contributed by atoms with Crippen LogP contribution < -0.4 is 0 Å². The number of carbonyl (C=O) groups excluding carboxylic acids is 1. The van der Waals surface area contributed by atoms with E-state index in [1.54, 1.807) is 11.0 Å². The molecule has 0 saturated carbocycles. The van der Waals surface area contributed by atoms with E-state index in [4.69, 9.17) is 11.6 Å². The molecule has 6 heteroatoms. The number of hydrogen-bond acceptors (Lipinski definition) is 2. The minimum Gasteiger partial charge on any atom is -0.338 e. The Balaban J connectivity index is 1.75. The van der Waals surface area contributed by atoms with Gasteiger partial charge in [0.2, 0.25) is 0 Å². The summed E-state index contributed by atoms with van der Waals surface area (Å²) < 4.78 is 16.3. The Labute approximate surface area is 152 Å². The normalized spacial score (nSPS) is 17.7. The molecule has 2 heterocycles. The number of piperidine rings is 1. The highest BCUT2D eigenvalue weighted by molar-refractivity contribution is 6.30. The summed E-state index contributed by atoms with van der Waals surface area (Å²) in [4.78, 5) is 19.0. The summed E-state index contributed by atoms with van der Waals surface area (Å²) in [5, 5.41) is 0.295. The highest BCUT2D eigenvalue weighted by Gasteiger charge is 2.29. The maximum Gasteiger partial charge on any atom is 0.256 e. The van der Waals surface area contributed by atoms with Gasteiger partial charge in [0.25, 0.3) is 5.91 Å². The zero-order valence-corrected chi connectivity index (χ0v) is 15.2. The van der Waals surface area contributed by atoms with Gasteiger partial charge in [0.05, 0.1) is 5.56 Å². The average molecular weight is 364 g/mol. The second-order valence-electron chi connectivity index (χ2n) is 6.55. The first-order valence-electron chi connectivity index (χ1n) is 8.85. The van der Waals surface area contributed by atoms with Crippen molar-refractivity contribution in [1.82, 2.24) is 14.5 Å². The van der Waals surface area contributed by atoms with Crippen LogP contribution in [0.15, 0.2) is 30.6 Å². The molecule has 1 saturated heterocycles. The van der Waals surface area contributed by atoms with Crippen LogP contribution in [0, 0.1) is 5.82 Å². The standard InChI is InChI=1S/C19H23ClFN3O/c1-2-3-9-23-11-8-22-18(23)14-5-4-10-24(13-14)19(25)16-7-6-15(20)12-17(16)21/h6-8,11-12,14H,2-5,9-10,13H2,1H3/t14-/m1/s1. The molecular formula is C19H23ClFN3O. The van der Waals surface area contributed by atoms with Crippen LogP contribution in [-0.4, -0.2) is 33.4 Å². The Morgan fingerprint density at radius 3 is 3.04 bits per heavy atom. The van der Waals surface area contributed by atoms with Gasteiger partial charge >= 0.3 is 0 Å². The van der Waals surface area contributed by atoms with E-state index in [0.717, 1.165) is 38.1 Å². The predicted molar refractivity (Wildman–Crippen MR) is 96.4 cm³/mol. The van der Waals surface area contributed by atoms with Gasteiger partial charge in [0.15, 0.2) is 0 Å². The molecule has 0 spiro atoms. The number of nitrogens with zero attached hydrogens (tertiary/aromatic N) is 3. The third-order valence-corrected chi connectivity index (χ3v) is 4.97. The van der Waals surface area contributed by atoms with Crippen LogP contribution >= 0.6 is 11.6 Å². The fraction of sp³-hybridized carbons (Fsp3) is 0.474. The number of halogens is 2. The molecular weight excluding hydrogens is 341 g/mol. The number of unbranched alkanes of at least 4 members (excludes halogenated alkanes) is 1. The first-order chi connectivity index (χ1) is 12.1. The number of imidazole rings is 1. The Kier molecular flexibility index (Phi) is 5.74. The second kappa shape index (κ2) is 8.00. The summed E-state index contributed by atoms with van der Waals surface area (Å²) in [6.45, 7) is 4.33. The number of rotatable bonds is 5. The molecule has 0 bridgehead atoms. The molecule has 3 rings (SSSR count). The Hall–Kier alpha value is -1.88. The van der Waals surface area contributed by atoms with E-state index in [9.17, 15) is 9.18 Å². The summed E-state index contributed by atoms with van der Waals surface area (Å²) in [6.07, 6.45) is 7.95. The summed E-state index contributed by atoms with van der Waals surface area (Å²) in [5.74, 6) is 0.386. The van der Waals surface area contributed by atoms with E-state index in [-0.39, 0.29) is 17.4 Å². The fourth-order valence-electron chi connectivity index (χ4n) is 3.40. The largest absolute Gasteiger partial charge is 0.338 e. The predicted octanol–water partition coefficient (Wildman–Crippen LogP) is 4.50. The van der Waals surface area contributed by atoms with Crippen LogP contribution in [0.3, 0.4) is 0 Å². The molecule has 1 aliphatic rings. The smallest absolute Gasteiger partial charge is 0.256 e. The van der Waals surface area contributed by atoms with Crippen molar-refractivity contribution in [3.8, 4) is 0 Å². The van der Waals surface area contributed by atoms with Crippen molar-refractivity contribution in [3.63, 3.8) is 0 Å². The lowest BCUT2D eigenvalue weighted by atomic mass is 9.96. The molecule has 0 radical (unpaired) electrons. The van der Waals surface area contributed by atoms with Gasteiger partial charge < -0.3 is 9.47 Å². The summed E-state index contributed by atoms with van der Waals surface area (Å²) >= 11 is 5.78. The van der Waals surface area contributed by atoms with E-state index in [1.807, 2.05) is 12.4 Å². The first kappa shape index (κ1) is 17.9. The van der Waals surface area contributed by atoms with E-state index in [2.05, 4.69) is 16.5 Å². The van der Waals surface area contributed by atoms with Gasteiger partial charge in [-0.05, 0) is 37.5 Å². The lowest BCUT2D eigenvalue weighted by molar-refractivity contribution is 0.0698. The van der Waals surface area contributed by atoms with Crippen LogP contribution in [0.4, 0.5) is 4.39 Å². The zero-order chi connectivity index (χ0) is 17.8. The third-order valence-electron chi connectivity index (χ3n) is 4.74. The lowest BCUT2D eigenvalue weighted by Gasteiger charge is -2.33. The molecule has 0 aliphatic carbocycles. The summed E-state index contributed by atoms with van der Waals surface area (Å²) in [5.41, 5.74) is 0.0828. The van der Waals surface area contributed by atoms with Crippen molar-refractivity contribution in [2.75, 3.05) is 13.1 Å². The van der Waals surface area contributed by atoms with E-state index >= 15 is 0 Å². The van der Waals surface area contributed by atoms with Crippen molar-refractivity contribution in [3.05, 3.63) is 52.8 Å². The number of carbonyl (C=O) groups is 1. The molecule has 1 aromatic carbocycles. The SMILES string of the molecule is CCCCn1ccnc1[C@@H]1CCCN(C(=O)c2ccc(Cl)cc2F)C1. The van der Waals surface area contributed by atoms with Crippen molar-refractivity contribution < 1.29 is 9.18 Å². The Morgan fingerprint density at radius 1 is 1.44 bits per heavy atom.